The van der Waals surface area contributed by atoms with Crippen LogP contribution in [0.5, 0.6) is 10.8 Å². The van der Waals surface area contributed by atoms with E-state index in [0.29, 0.717) is 0 Å². The van der Waals surface area contributed by atoms with E-state index in [1.54, 1.807) is 0 Å². The van der Waals surface area contributed by atoms with Gasteiger partial charge in [-0.05, 0) is 6.42 Å². The van der Waals surface area contributed by atoms with E-state index >= 15 is 0 Å². The SMILES string of the molecule is CCCc1c[s+](O)c2c1O2. The van der Waals surface area contributed by atoms with Gasteiger partial charge in [0.15, 0.2) is 16.1 Å². The summed E-state index contributed by atoms with van der Waals surface area (Å²) in [5.41, 5.74) is 1.20. The van der Waals surface area contributed by atoms with Crippen molar-refractivity contribution in [2.75, 3.05) is 0 Å². The number of thiophene rings is 1. The molecule has 0 saturated heterocycles. The van der Waals surface area contributed by atoms with E-state index in [1.165, 1.54) is 5.56 Å². The van der Waals surface area contributed by atoms with Crippen molar-refractivity contribution >= 4 is 10.8 Å². The van der Waals surface area contributed by atoms with Crippen LogP contribution in [0.15, 0.2) is 5.38 Å². The molecule has 1 aliphatic heterocycles. The fraction of sp³-hybridized carbons (Fsp3) is 0.429. The van der Waals surface area contributed by atoms with E-state index in [-0.39, 0.29) is 0 Å². The van der Waals surface area contributed by atoms with Gasteiger partial charge in [0.05, 0.1) is 5.56 Å². The Morgan fingerprint density at radius 3 is 2.90 bits per heavy atom. The van der Waals surface area contributed by atoms with E-state index in [0.717, 1.165) is 23.7 Å². The van der Waals surface area contributed by atoms with Crippen molar-refractivity contribution < 1.29 is 9.29 Å². The Morgan fingerprint density at radius 1 is 1.70 bits per heavy atom. The first-order chi connectivity index (χ1) is 4.83. The minimum absolute atomic E-state index is 0.680. The summed E-state index contributed by atoms with van der Waals surface area (Å²) in [6.45, 7) is 2.12. The lowest BCUT2D eigenvalue weighted by molar-refractivity contribution is 0.609. The summed E-state index contributed by atoms with van der Waals surface area (Å²) in [7, 11) is -0.680. The van der Waals surface area contributed by atoms with Crippen LogP contribution in [0.2, 0.25) is 0 Å². The lowest BCUT2D eigenvalue weighted by Gasteiger charge is -1.85. The Bertz CT molecular complexity index is 265. The third-order valence-corrected chi connectivity index (χ3v) is 2.75. The Kier molecular flexibility index (Phi) is 1.22. The fourth-order valence-corrected chi connectivity index (χ4v) is 2.18. The van der Waals surface area contributed by atoms with E-state index < -0.39 is 10.8 Å². The van der Waals surface area contributed by atoms with E-state index in [1.807, 2.05) is 5.38 Å². The Balaban J connectivity index is 2.29. The van der Waals surface area contributed by atoms with Crippen LogP contribution in [0.1, 0.15) is 18.9 Å². The summed E-state index contributed by atoms with van der Waals surface area (Å²) in [6, 6.07) is 0. The van der Waals surface area contributed by atoms with E-state index in [4.69, 9.17) is 4.74 Å². The summed E-state index contributed by atoms with van der Waals surface area (Å²) < 4.78 is 14.3. The molecule has 10 heavy (non-hydrogen) atoms. The molecular weight excluding hydrogens is 148 g/mol. The highest BCUT2D eigenvalue weighted by atomic mass is 32.2. The molecule has 1 unspecified atom stereocenters. The topological polar surface area (TPSA) is 32.8 Å². The predicted molar refractivity (Wildman–Crippen MR) is 40.3 cm³/mol. The minimum atomic E-state index is -0.680. The van der Waals surface area contributed by atoms with Gasteiger partial charge in [0.2, 0.25) is 5.75 Å². The first kappa shape index (κ1) is 6.19. The van der Waals surface area contributed by atoms with Gasteiger partial charge in [-0.25, -0.2) is 0 Å². The normalized spacial score (nSPS) is 14.4. The Hall–Kier alpha value is -0.540. The number of hydrogen-bond acceptors (Lipinski definition) is 2. The zero-order valence-electron chi connectivity index (χ0n) is 5.76. The van der Waals surface area contributed by atoms with Gasteiger partial charge in [-0.1, -0.05) is 13.3 Å². The van der Waals surface area contributed by atoms with Gasteiger partial charge in [-0.3, -0.25) is 0 Å². The molecule has 1 aromatic heterocycles. The summed E-state index contributed by atoms with van der Waals surface area (Å²) in [6.07, 6.45) is 2.14. The maximum atomic E-state index is 9.20. The van der Waals surface area contributed by atoms with Gasteiger partial charge >= 0.3 is 5.06 Å². The summed E-state index contributed by atoms with van der Waals surface area (Å²) in [5, 5.41) is 2.71. The molecule has 1 aliphatic rings. The van der Waals surface area contributed by atoms with Crippen LogP contribution in [0.4, 0.5) is 0 Å². The van der Waals surface area contributed by atoms with Crippen LogP contribution in [0.25, 0.3) is 0 Å². The second-order valence-electron chi connectivity index (χ2n) is 2.43. The highest BCUT2D eigenvalue weighted by Gasteiger charge is 2.41. The molecular formula is C7H9O2S+. The van der Waals surface area contributed by atoms with Crippen molar-refractivity contribution in [2.45, 2.75) is 19.8 Å². The van der Waals surface area contributed by atoms with Crippen molar-refractivity contribution in [1.82, 2.24) is 0 Å². The van der Waals surface area contributed by atoms with Crippen LogP contribution in [-0.2, 0) is 6.42 Å². The lowest BCUT2D eigenvalue weighted by Crippen LogP contribution is -1.76. The number of rotatable bonds is 2. The average molecular weight is 157 g/mol. The summed E-state index contributed by atoms with van der Waals surface area (Å²) in [4.78, 5) is 0. The van der Waals surface area contributed by atoms with Crippen LogP contribution in [0.3, 0.4) is 0 Å². The fourth-order valence-electron chi connectivity index (χ4n) is 1.09. The second kappa shape index (κ2) is 1.97. The number of fused-ring (bicyclic) bond motifs is 1. The molecule has 0 saturated carbocycles. The largest absolute Gasteiger partial charge is 0.414 e. The molecule has 0 bridgehead atoms. The summed E-state index contributed by atoms with van der Waals surface area (Å²) >= 11 is 0. The number of aryl methyl sites for hydroxylation is 1. The van der Waals surface area contributed by atoms with Crippen LogP contribution < -0.4 is 4.74 Å². The first-order valence-electron chi connectivity index (χ1n) is 3.38. The van der Waals surface area contributed by atoms with Gasteiger partial charge in [0, 0.05) is 0 Å². The second-order valence-corrected chi connectivity index (χ2v) is 3.66. The third-order valence-electron chi connectivity index (χ3n) is 1.59. The minimum Gasteiger partial charge on any atom is -0.399 e. The van der Waals surface area contributed by atoms with Crippen LogP contribution >= 0.6 is 10.8 Å². The molecule has 0 radical (unpaired) electrons. The molecule has 0 aromatic carbocycles. The molecule has 1 aromatic rings. The molecule has 0 aliphatic carbocycles. The molecule has 3 heteroatoms. The first-order valence-corrected chi connectivity index (χ1v) is 4.62. The maximum Gasteiger partial charge on any atom is 0.414 e. The average Bonchev–Trinajstić information content (AvgIpc) is 2.59. The zero-order valence-corrected chi connectivity index (χ0v) is 6.57. The highest BCUT2D eigenvalue weighted by molar-refractivity contribution is 7.26. The smallest absolute Gasteiger partial charge is 0.399 e. The molecule has 2 nitrogen and oxygen atoms in total. The Labute approximate surface area is 62.2 Å². The molecule has 54 valence electrons. The van der Waals surface area contributed by atoms with Crippen LogP contribution in [0, 0.1) is 0 Å². The highest BCUT2D eigenvalue weighted by Crippen LogP contribution is 2.58. The van der Waals surface area contributed by atoms with E-state index in [9.17, 15) is 4.55 Å². The van der Waals surface area contributed by atoms with Gasteiger partial charge in [-0.2, -0.15) is 4.55 Å². The molecule has 0 fully saturated rings. The standard InChI is InChI=1S/C7H9O2S/c1-2-3-5-4-10(8)7-6(5)9-7/h4,8H,2-3H2,1H3/q+1. The maximum absolute atomic E-state index is 9.20. The van der Waals surface area contributed by atoms with Gasteiger partial charge < -0.3 is 4.74 Å². The molecule has 1 atom stereocenters. The monoisotopic (exact) mass is 157 g/mol. The summed E-state index contributed by atoms with van der Waals surface area (Å²) in [5.74, 6) is 0.965. The quantitative estimate of drug-likeness (QED) is 0.537. The van der Waals surface area contributed by atoms with Crippen LogP contribution in [-0.4, -0.2) is 4.55 Å². The van der Waals surface area contributed by atoms with E-state index in [2.05, 4.69) is 6.92 Å². The van der Waals surface area contributed by atoms with Gasteiger partial charge in [-0.15, -0.1) is 0 Å². The van der Waals surface area contributed by atoms with Crippen molar-refractivity contribution in [3.8, 4) is 10.8 Å². The van der Waals surface area contributed by atoms with Crippen molar-refractivity contribution in [3.05, 3.63) is 10.9 Å². The number of ether oxygens (including phenoxy) is 1. The van der Waals surface area contributed by atoms with Crippen molar-refractivity contribution in [1.29, 1.82) is 0 Å². The molecule has 2 rings (SSSR count). The predicted octanol–water partition coefficient (Wildman–Crippen LogP) is 2.63. The molecule has 0 amide bonds. The lowest BCUT2D eigenvalue weighted by atomic mass is 10.2. The molecule has 0 spiro atoms. The van der Waals surface area contributed by atoms with Crippen molar-refractivity contribution in [2.24, 2.45) is 0 Å². The number of hydrogen-bond donors (Lipinski definition) is 1. The molecule has 2 heterocycles. The van der Waals surface area contributed by atoms with Gasteiger partial charge in [0.25, 0.3) is 0 Å². The third kappa shape index (κ3) is 0.744. The zero-order chi connectivity index (χ0) is 7.14. The molecule has 1 N–H and O–H groups in total. The Morgan fingerprint density at radius 2 is 2.50 bits per heavy atom. The van der Waals surface area contributed by atoms with Gasteiger partial charge in [0.1, 0.15) is 0 Å². The van der Waals surface area contributed by atoms with Crippen molar-refractivity contribution in [3.63, 3.8) is 0 Å².